The largest absolute Gasteiger partial charge is 0.514 e. The van der Waals surface area contributed by atoms with Crippen LogP contribution in [-0.2, 0) is 19.0 Å². The van der Waals surface area contributed by atoms with Crippen molar-refractivity contribution in [3.05, 3.63) is 70.3 Å². The SMILES string of the molecule is CC(/C=C/[C@@H]1C[C@]2(CO2)CC(C)(C)O1)=C\C[C@H]1CC[C@H](NC(=O)/C=C\[C@H](C)OC(=O)Oc2ccc([N+](=O)[O-])cc2)CC1. The number of hydrogen-bond acceptors (Lipinski definition) is 8. The second-order valence-corrected chi connectivity index (χ2v) is 12.3. The van der Waals surface area contributed by atoms with Crippen molar-refractivity contribution in [2.24, 2.45) is 5.92 Å². The lowest BCUT2D eigenvalue weighted by molar-refractivity contribution is -0.384. The smallest absolute Gasteiger partial charge is 0.427 e. The van der Waals surface area contributed by atoms with Gasteiger partial charge in [0, 0.05) is 37.1 Å². The molecule has 1 aromatic rings. The summed E-state index contributed by atoms with van der Waals surface area (Å²) < 4.78 is 22.1. The molecule has 1 N–H and O–H groups in total. The third-order valence-electron chi connectivity index (χ3n) is 7.93. The lowest BCUT2D eigenvalue weighted by Gasteiger charge is -2.38. The summed E-state index contributed by atoms with van der Waals surface area (Å²) in [5.41, 5.74) is 0.987. The molecule has 1 aromatic carbocycles. The Labute approximate surface area is 247 Å². The summed E-state index contributed by atoms with van der Waals surface area (Å²) >= 11 is 0. The van der Waals surface area contributed by atoms with E-state index in [4.69, 9.17) is 18.9 Å². The normalized spacial score (nSPS) is 28.0. The van der Waals surface area contributed by atoms with E-state index in [1.165, 1.54) is 42.0 Å². The number of carbonyl (C=O) groups excluding carboxylic acids is 2. The van der Waals surface area contributed by atoms with E-state index in [1.54, 1.807) is 6.92 Å². The summed E-state index contributed by atoms with van der Waals surface area (Å²) in [5, 5.41) is 13.7. The fourth-order valence-corrected chi connectivity index (χ4v) is 5.78. The Kier molecular flexibility index (Phi) is 10.2. The first-order chi connectivity index (χ1) is 19.9. The Hall–Kier alpha value is -3.50. The Morgan fingerprint density at radius 1 is 1.17 bits per heavy atom. The minimum Gasteiger partial charge on any atom is -0.427 e. The highest BCUT2D eigenvalue weighted by Gasteiger charge is 2.53. The number of nitro benzene ring substituents is 1. The molecule has 3 aliphatic rings. The number of amides is 1. The molecule has 2 aliphatic heterocycles. The number of rotatable bonds is 10. The fourth-order valence-electron chi connectivity index (χ4n) is 5.78. The van der Waals surface area contributed by atoms with E-state index in [0.29, 0.717) is 5.92 Å². The molecule has 2 heterocycles. The summed E-state index contributed by atoms with van der Waals surface area (Å²) in [6.45, 7) is 8.85. The predicted molar refractivity (Wildman–Crippen MR) is 157 cm³/mol. The van der Waals surface area contributed by atoms with Crippen LogP contribution in [-0.4, -0.2) is 53.0 Å². The molecule has 1 spiro atoms. The lowest BCUT2D eigenvalue weighted by atomic mass is 9.83. The van der Waals surface area contributed by atoms with Gasteiger partial charge in [-0.25, -0.2) is 4.79 Å². The van der Waals surface area contributed by atoms with Crippen LogP contribution >= 0.6 is 0 Å². The average molecular weight is 583 g/mol. The average Bonchev–Trinajstić information content (AvgIpc) is 3.66. The molecule has 228 valence electrons. The van der Waals surface area contributed by atoms with Crippen molar-refractivity contribution in [3.63, 3.8) is 0 Å². The minimum atomic E-state index is -0.966. The van der Waals surface area contributed by atoms with E-state index in [-0.39, 0.29) is 40.7 Å². The number of benzene rings is 1. The van der Waals surface area contributed by atoms with Crippen LogP contribution in [0.3, 0.4) is 0 Å². The summed E-state index contributed by atoms with van der Waals surface area (Å²) in [5.74, 6) is 0.488. The Morgan fingerprint density at radius 3 is 2.50 bits per heavy atom. The number of allylic oxidation sites excluding steroid dienone is 3. The number of epoxide rings is 1. The molecular formula is C32H42N2O8. The Morgan fingerprint density at radius 2 is 1.86 bits per heavy atom. The molecule has 2 saturated heterocycles. The van der Waals surface area contributed by atoms with Gasteiger partial charge in [-0.1, -0.05) is 23.8 Å². The van der Waals surface area contributed by atoms with Crippen LogP contribution in [0, 0.1) is 16.0 Å². The summed E-state index contributed by atoms with van der Waals surface area (Å²) in [7, 11) is 0. The molecule has 1 amide bonds. The predicted octanol–water partition coefficient (Wildman–Crippen LogP) is 6.35. The van der Waals surface area contributed by atoms with E-state index >= 15 is 0 Å². The Balaban J connectivity index is 1.12. The highest BCUT2D eigenvalue weighted by molar-refractivity contribution is 5.87. The molecule has 10 heteroatoms. The number of nitro groups is 1. The molecule has 0 bridgehead atoms. The van der Waals surface area contributed by atoms with Crippen molar-refractivity contribution < 1.29 is 33.5 Å². The first kappa shape index (κ1) is 31.4. The van der Waals surface area contributed by atoms with Crippen molar-refractivity contribution in [1.29, 1.82) is 0 Å². The molecule has 0 aromatic heterocycles. The lowest BCUT2D eigenvalue weighted by Crippen LogP contribution is -2.43. The molecule has 10 nitrogen and oxygen atoms in total. The standard InChI is InChI=1S/C32H42N2O8/c1-22(6-15-28-19-32(21-39-32)20-31(3,4)42-28)5-8-24-9-11-25(12-10-24)33-29(35)18-7-23(2)40-30(36)41-27-16-13-26(14-17-27)34(37)38/h5-7,13-18,23-25,28H,8-12,19-21H2,1-4H3,(H,33,35)/b15-6+,18-7-,22-5+/t23-,24-,25-,28+,32+/m0/s1. The first-order valence-corrected chi connectivity index (χ1v) is 14.7. The molecule has 3 fully saturated rings. The molecule has 0 unspecified atom stereocenters. The highest BCUT2D eigenvalue weighted by Crippen LogP contribution is 2.46. The third kappa shape index (κ3) is 9.80. The number of non-ortho nitro benzene ring substituents is 1. The van der Waals surface area contributed by atoms with Gasteiger partial charge in [0.2, 0.25) is 5.91 Å². The maximum Gasteiger partial charge on any atom is 0.514 e. The van der Waals surface area contributed by atoms with Crippen molar-refractivity contribution in [2.45, 2.75) is 102 Å². The minimum absolute atomic E-state index is 0.0248. The molecule has 1 saturated carbocycles. The van der Waals surface area contributed by atoms with Crippen LogP contribution in [0.2, 0.25) is 0 Å². The third-order valence-corrected chi connectivity index (χ3v) is 7.93. The van der Waals surface area contributed by atoms with Gasteiger partial charge in [-0.2, -0.15) is 0 Å². The van der Waals surface area contributed by atoms with Gasteiger partial charge < -0.3 is 24.3 Å². The van der Waals surface area contributed by atoms with Crippen LogP contribution in [0.15, 0.2) is 60.2 Å². The molecule has 4 rings (SSSR count). The van der Waals surface area contributed by atoms with Crippen LogP contribution < -0.4 is 10.1 Å². The van der Waals surface area contributed by atoms with Crippen LogP contribution in [0.4, 0.5) is 10.5 Å². The molecule has 0 radical (unpaired) electrons. The summed E-state index contributed by atoms with van der Waals surface area (Å²) in [6, 6.07) is 5.20. The van der Waals surface area contributed by atoms with Crippen LogP contribution in [0.5, 0.6) is 5.75 Å². The number of hydrogen-bond donors (Lipinski definition) is 1. The zero-order valence-electron chi connectivity index (χ0n) is 24.9. The van der Waals surface area contributed by atoms with E-state index in [0.717, 1.165) is 51.6 Å². The molecular weight excluding hydrogens is 540 g/mol. The van der Waals surface area contributed by atoms with Crippen molar-refractivity contribution in [2.75, 3.05) is 6.61 Å². The molecule has 42 heavy (non-hydrogen) atoms. The van der Waals surface area contributed by atoms with E-state index in [9.17, 15) is 19.7 Å². The number of nitrogens with one attached hydrogen (secondary N) is 1. The number of nitrogens with zero attached hydrogens (tertiary/aromatic N) is 1. The maximum absolute atomic E-state index is 12.4. The summed E-state index contributed by atoms with van der Waals surface area (Å²) in [6.07, 6.45) is 14.8. The maximum atomic E-state index is 12.4. The van der Waals surface area contributed by atoms with Gasteiger partial charge in [-0.15, -0.1) is 0 Å². The first-order valence-electron chi connectivity index (χ1n) is 14.7. The van der Waals surface area contributed by atoms with Gasteiger partial charge in [0.05, 0.1) is 28.8 Å². The van der Waals surface area contributed by atoms with Gasteiger partial charge in [-0.3, -0.25) is 14.9 Å². The van der Waals surface area contributed by atoms with Gasteiger partial charge in [-0.05, 0) is 83.9 Å². The van der Waals surface area contributed by atoms with Crippen molar-refractivity contribution in [3.8, 4) is 5.75 Å². The van der Waals surface area contributed by atoms with Crippen molar-refractivity contribution in [1.82, 2.24) is 5.32 Å². The van der Waals surface area contributed by atoms with Crippen LogP contribution in [0.1, 0.15) is 72.6 Å². The number of ether oxygens (including phenoxy) is 4. The number of carbonyl (C=O) groups is 2. The second-order valence-electron chi connectivity index (χ2n) is 12.3. The van der Waals surface area contributed by atoms with Gasteiger partial charge >= 0.3 is 6.16 Å². The summed E-state index contributed by atoms with van der Waals surface area (Å²) in [4.78, 5) is 34.5. The topological polar surface area (TPSA) is 130 Å². The second kappa shape index (κ2) is 13.6. The van der Waals surface area contributed by atoms with E-state index < -0.39 is 17.2 Å². The van der Waals surface area contributed by atoms with E-state index in [1.807, 2.05) is 0 Å². The zero-order valence-corrected chi connectivity index (χ0v) is 24.9. The fraction of sp³-hybridized carbons (Fsp3) is 0.562. The highest BCUT2D eigenvalue weighted by atomic mass is 16.7. The molecule has 1 aliphatic carbocycles. The molecule has 3 atom stereocenters. The Bertz CT molecular complexity index is 1200. The van der Waals surface area contributed by atoms with Crippen molar-refractivity contribution >= 4 is 17.7 Å². The van der Waals surface area contributed by atoms with Gasteiger partial charge in [0.25, 0.3) is 5.69 Å². The monoisotopic (exact) mass is 582 g/mol. The quantitative estimate of drug-likeness (QED) is 0.0643. The van der Waals surface area contributed by atoms with Crippen LogP contribution in [0.25, 0.3) is 0 Å². The van der Waals surface area contributed by atoms with E-state index in [2.05, 4.69) is 44.3 Å². The zero-order chi connectivity index (χ0) is 30.3. The van der Waals surface area contributed by atoms with Gasteiger partial charge in [0.15, 0.2) is 0 Å². The van der Waals surface area contributed by atoms with Gasteiger partial charge in [0.1, 0.15) is 11.9 Å².